The first kappa shape index (κ1) is 15.2. The number of aromatic hydroxyl groups is 1. The van der Waals surface area contributed by atoms with Crippen LogP contribution in [0.4, 0.5) is 0 Å². The molecule has 0 radical (unpaired) electrons. The van der Waals surface area contributed by atoms with Gasteiger partial charge in [-0.3, -0.25) is 0 Å². The summed E-state index contributed by atoms with van der Waals surface area (Å²) in [6, 6.07) is 19.2. The topological polar surface area (TPSA) is 38.7 Å². The van der Waals surface area contributed by atoms with Crippen LogP contribution in [0.1, 0.15) is 18.9 Å². The lowest BCUT2D eigenvalue weighted by molar-refractivity contribution is 0.303. The average Bonchev–Trinajstić information content (AvgIpc) is 2.59. The molecule has 0 aliphatic heterocycles. The van der Waals surface area contributed by atoms with Gasteiger partial charge in [-0.2, -0.15) is 0 Å². The van der Waals surface area contributed by atoms with E-state index in [-0.39, 0.29) is 5.75 Å². The summed E-state index contributed by atoms with van der Waals surface area (Å²) >= 11 is 0. The zero-order valence-electron chi connectivity index (χ0n) is 13.2. The Bertz CT molecular complexity index is 778. The largest absolute Gasteiger partial charge is 0.507 e. The van der Waals surface area contributed by atoms with Crippen LogP contribution < -0.4 is 9.47 Å². The predicted octanol–water partition coefficient (Wildman–Crippen LogP) is 4.91. The van der Waals surface area contributed by atoms with Crippen LogP contribution in [0.5, 0.6) is 17.2 Å². The van der Waals surface area contributed by atoms with Gasteiger partial charge in [0.1, 0.15) is 23.9 Å². The van der Waals surface area contributed by atoms with Crippen molar-refractivity contribution in [3.8, 4) is 17.2 Å². The van der Waals surface area contributed by atoms with Gasteiger partial charge in [0.25, 0.3) is 0 Å². The molecule has 0 aromatic heterocycles. The van der Waals surface area contributed by atoms with E-state index in [2.05, 4.69) is 6.92 Å². The summed E-state index contributed by atoms with van der Waals surface area (Å²) < 4.78 is 11.4. The van der Waals surface area contributed by atoms with Crippen molar-refractivity contribution in [1.82, 2.24) is 0 Å². The minimum Gasteiger partial charge on any atom is -0.507 e. The Morgan fingerprint density at radius 1 is 0.870 bits per heavy atom. The van der Waals surface area contributed by atoms with Crippen LogP contribution in [0.2, 0.25) is 0 Å². The van der Waals surface area contributed by atoms with E-state index in [0.717, 1.165) is 35.1 Å². The molecule has 3 rings (SSSR count). The number of hydrogen-bond acceptors (Lipinski definition) is 3. The first-order chi connectivity index (χ1) is 11.3. The molecule has 3 nitrogen and oxygen atoms in total. The second-order valence-corrected chi connectivity index (χ2v) is 5.44. The Balaban J connectivity index is 1.68. The van der Waals surface area contributed by atoms with Gasteiger partial charge in [0.15, 0.2) is 0 Å². The van der Waals surface area contributed by atoms with E-state index in [4.69, 9.17) is 9.47 Å². The van der Waals surface area contributed by atoms with Crippen molar-refractivity contribution in [1.29, 1.82) is 0 Å². The lowest BCUT2D eigenvalue weighted by atomic mass is 10.1. The molecule has 0 heterocycles. The molecule has 3 aromatic rings. The molecule has 1 N–H and O–H groups in total. The first-order valence-electron chi connectivity index (χ1n) is 7.82. The number of phenolic OH excluding ortho intramolecular Hbond substituents is 1. The molecule has 0 aliphatic rings. The van der Waals surface area contributed by atoms with Crippen molar-refractivity contribution in [3.63, 3.8) is 0 Å². The number of fused-ring (bicyclic) bond motifs is 1. The minimum atomic E-state index is 0.237. The van der Waals surface area contributed by atoms with E-state index in [0.29, 0.717) is 12.4 Å². The lowest BCUT2D eigenvalue weighted by Crippen LogP contribution is -1.97. The molecular weight excluding hydrogens is 288 g/mol. The van der Waals surface area contributed by atoms with Crippen LogP contribution in [-0.4, -0.2) is 11.7 Å². The van der Waals surface area contributed by atoms with Crippen LogP contribution in [0.3, 0.4) is 0 Å². The van der Waals surface area contributed by atoms with Gasteiger partial charge < -0.3 is 14.6 Å². The molecule has 0 amide bonds. The lowest BCUT2D eigenvalue weighted by Gasteiger charge is -2.10. The highest BCUT2D eigenvalue weighted by Gasteiger charge is 2.04. The van der Waals surface area contributed by atoms with Gasteiger partial charge in [0.05, 0.1) is 6.61 Å². The fourth-order valence-corrected chi connectivity index (χ4v) is 2.42. The van der Waals surface area contributed by atoms with E-state index in [1.54, 1.807) is 6.07 Å². The van der Waals surface area contributed by atoms with Gasteiger partial charge in [-0.25, -0.2) is 0 Å². The molecule has 0 spiro atoms. The molecule has 3 heteroatoms. The molecule has 0 fully saturated rings. The van der Waals surface area contributed by atoms with Gasteiger partial charge in [0.2, 0.25) is 0 Å². The van der Waals surface area contributed by atoms with Crippen LogP contribution in [0.25, 0.3) is 10.8 Å². The molecule has 23 heavy (non-hydrogen) atoms. The van der Waals surface area contributed by atoms with Gasteiger partial charge >= 0.3 is 0 Å². The Morgan fingerprint density at radius 2 is 1.65 bits per heavy atom. The van der Waals surface area contributed by atoms with E-state index in [1.807, 2.05) is 54.6 Å². The molecule has 118 valence electrons. The summed E-state index contributed by atoms with van der Waals surface area (Å²) in [5, 5.41) is 11.9. The Kier molecular flexibility index (Phi) is 4.67. The van der Waals surface area contributed by atoms with Gasteiger partial charge in [-0.1, -0.05) is 43.3 Å². The second-order valence-electron chi connectivity index (χ2n) is 5.44. The van der Waals surface area contributed by atoms with Crippen LogP contribution in [0.15, 0.2) is 60.7 Å². The molecule has 0 saturated heterocycles. The molecule has 0 atom stereocenters. The summed E-state index contributed by atoms with van der Waals surface area (Å²) in [5.41, 5.74) is 1.06. The van der Waals surface area contributed by atoms with Crippen molar-refractivity contribution in [2.45, 2.75) is 20.0 Å². The van der Waals surface area contributed by atoms with E-state index >= 15 is 0 Å². The third-order valence-corrected chi connectivity index (χ3v) is 3.62. The van der Waals surface area contributed by atoms with Crippen LogP contribution in [0, 0.1) is 0 Å². The van der Waals surface area contributed by atoms with Crippen LogP contribution in [-0.2, 0) is 6.61 Å². The standard InChI is InChI=1S/C20H20O3/c1-2-11-22-17-9-7-15(8-10-17)14-23-18-12-16-5-3-4-6-19(16)20(21)13-18/h3-10,12-13,21H,2,11,14H2,1H3. The molecule has 3 aromatic carbocycles. The number of rotatable bonds is 6. The Hall–Kier alpha value is -2.68. The van der Waals surface area contributed by atoms with Crippen LogP contribution >= 0.6 is 0 Å². The summed E-state index contributed by atoms with van der Waals surface area (Å²) in [6.07, 6.45) is 0.996. The number of ether oxygens (including phenoxy) is 2. The smallest absolute Gasteiger partial charge is 0.127 e. The third kappa shape index (κ3) is 3.75. The molecule has 0 unspecified atom stereocenters. The molecule has 0 saturated carbocycles. The van der Waals surface area contributed by atoms with E-state index < -0.39 is 0 Å². The molecule has 0 bridgehead atoms. The normalized spacial score (nSPS) is 10.7. The maximum atomic E-state index is 10.1. The van der Waals surface area contributed by atoms with Crippen molar-refractivity contribution < 1.29 is 14.6 Å². The molecule has 0 aliphatic carbocycles. The zero-order valence-corrected chi connectivity index (χ0v) is 13.2. The number of phenols is 1. The summed E-state index contributed by atoms with van der Waals surface area (Å²) in [4.78, 5) is 0. The van der Waals surface area contributed by atoms with Crippen molar-refractivity contribution in [3.05, 3.63) is 66.2 Å². The highest BCUT2D eigenvalue weighted by molar-refractivity contribution is 5.89. The Labute approximate surface area is 136 Å². The first-order valence-corrected chi connectivity index (χ1v) is 7.82. The van der Waals surface area contributed by atoms with Crippen molar-refractivity contribution in [2.24, 2.45) is 0 Å². The summed E-state index contributed by atoms with van der Waals surface area (Å²) in [7, 11) is 0. The van der Waals surface area contributed by atoms with Gasteiger partial charge in [-0.05, 0) is 35.6 Å². The fourth-order valence-electron chi connectivity index (χ4n) is 2.42. The highest BCUT2D eigenvalue weighted by atomic mass is 16.5. The van der Waals surface area contributed by atoms with E-state index in [1.165, 1.54) is 0 Å². The van der Waals surface area contributed by atoms with Crippen molar-refractivity contribution >= 4 is 10.8 Å². The maximum absolute atomic E-state index is 10.1. The van der Waals surface area contributed by atoms with Gasteiger partial charge in [-0.15, -0.1) is 0 Å². The van der Waals surface area contributed by atoms with Crippen molar-refractivity contribution in [2.75, 3.05) is 6.61 Å². The monoisotopic (exact) mass is 308 g/mol. The summed E-state index contributed by atoms with van der Waals surface area (Å²) in [6.45, 7) is 3.26. The van der Waals surface area contributed by atoms with E-state index in [9.17, 15) is 5.11 Å². The highest BCUT2D eigenvalue weighted by Crippen LogP contribution is 2.30. The predicted molar refractivity (Wildman–Crippen MR) is 92.2 cm³/mol. The fraction of sp³-hybridized carbons (Fsp3) is 0.200. The second kappa shape index (κ2) is 7.05. The third-order valence-electron chi connectivity index (χ3n) is 3.62. The quantitative estimate of drug-likeness (QED) is 0.703. The average molecular weight is 308 g/mol. The summed E-state index contributed by atoms with van der Waals surface area (Å²) in [5.74, 6) is 1.77. The van der Waals surface area contributed by atoms with Gasteiger partial charge in [0, 0.05) is 11.5 Å². The number of hydrogen-bond donors (Lipinski definition) is 1. The maximum Gasteiger partial charge on any atom is 0.127 e. The SMILES string of the molecule is CCCOc1ccc(COc2cc(O)c3ccccc3c2)cc1. The Morgan fingerprint density at radius 3 is 2.43 bits per heavy atom. The minimum absolute atomic E-state index is 0.237. The number of benzene rings is 3. The zero-order chi connectivity index (χ0) is 16.1. The molecular formula is C20H20O3.